The lowest BCUT2D eigenvalue weighted by Crippen LogP contribution is -2.33. The zero-order valence-corrected chi connectivity index (χ0v) is 9.75. The van der Waals surface area contributed by atoms with Crippen LogP contribution >= 0.6 is 0 Å². The second-order valence-electron chi connectivity index (χ2n) is 4.59. The summed E-state index contributed by atoms with van der Waals surface area (Å²) in [6.07, 6.45) is 1.60. The van der Waals surface area contributed by atoms with Crippen LogP contribution in [0.25, 0.3) is 0 Å². The first-order valence-electron chi connectivity index (χ1n) is 5.35. The summed E-state index contributed by atoms with van der Waals surface area (Å²) in [4.78, 5) is 11.3. The minimum Gasteiger partial charge on any atom is -0.465 e. The molecule has 3 heteroatoms. The summed E-state index contributed by atoms with van der Waals surface area (Å²) < 4.78 is 5.05. The smallest absolute Gasteiger partial charge is 0.322 e. The fraction of sp³-hybridized carbons (Fsp3) is 0.909. The van der Waals surface area contributed by atoms with E-state index in [4.69, 9.17) is 10.5 Å². The molecular weight excluding hydrogens is 178 g/mol. The van der Waals surface area contributed by atoms with E-state index in [1.807, 2.05) is 13.8 Å². The number of carbonyl (C=O) groups is 1. The van der Waals surface area contributed by atoms with Gasteiger partial charge in [0.05, 0.1) is 6.61 Å². The van der Waals surface area contributed by atoms with Gasteiger partial charge in [0, 0.05) is 0 Å². The van der Waals surface area contributed by atoms with Crippen molar-refractivity contribution < 1.29 is 9.53 Å². The molecule has 2 N–H and O–H groups in total. The molecule has 0 spiro atoms. The van der Waals surface area contributed by atoms with Crippen LogP contribution < -0.4 is 5.73 Å². The molecule has 1 atom stereocenters. The van der Waals surface area contributed by atoms with Gasteiger partial charge in [-0.05, 0) is 24.7 Å². The molecule has 0 aliphatic rings. The van der Waals surface area contributed by atoms with Crippen molar-refractivity contribution in [2.75, 3.05) is 6.61 Å². The van der Waals surface area contributed by atoms with Crippen LogP contribution in [0.15, 0.2) is 0 Å². The number of ether oxygens (including phenoxy) is 1. The lowest BCUT2D eigenvalue weighted by atomic mass is 10.1. The average molecular weight is 201 g/mol. The van der Waals surface area contributed by atoms with E-state index >= 15 is 0 Å². The van der Waals surface area contributed by atoms with Crippen molar-refractivity contribution in [1.82, 2.24) is 0 Å². The topological polar surface area (TPSA) is 52.3 Å². The van der Waals surface area contributed by atoms with Gasteiger partial charge < -0.3 is 10.5 Å². The SMILES string of the molecule is CC(C)CCOC(=O)C(N)CC(C)C. The first-order chi connectivity index (χ1) is 6.43. The second-order valence-corrected chi connectivity index (χ2v) is 4.59. The van der Waals surface area contributed by atoms with Crippen molar-refractivity contribution in [3.63, 3.8) is 0 Å². The largest absolute Gasteiger partial charge is 0.465 e. The number of rotatable bonds is 6. The standard InChI is InChI=1S/C11H23NO2/c1-8(2)5-6-14-11(13)10(12)7-9(3)4/h8-10H,5-7,12H2,1-4H3. The molecule has 0 saturated heterocycles. The average Bonchev–Trinajstić information content (AvgIpc) is 2.01. The van der Waals surface area contributed by atoms with Crippen molar-refractivity contribution >= 4 is 5.97 Å². The Morgan fingerprint density at radius 1 is 1.21 bits per heavy atom. The summed E-state index contributed by atoms with van der Waals surface area (Å²) in [5.74, 6) is 0.728. The molecule has 0 radical (unpaired) electrons. The molecule has 0 aliphatic carbocycles. The Kier molecular flexibility index (Phi) is 6.54. The number of esters is 1. The summed E-state index contributed by atoms with van der Waals surface area (Å²) in [5, 5.41) is 0. The van der Waals surface area contributed by atoms with Crippen LogP contribution in [0, 0.1) is 11.8 Å². The minimum atomic E-state index is -0.456. The Morgan fingerprint density at radius 3 is 2.21 bits per heavy atom. The lowest BCUT2D eigenvalue weighted by molar-refractivity contribution is -0.145. The number of hydrogen-bond acceptors (Lipinski definition) is 3. The zero-order chi connectivity index (χ0) is 11.1. The van der Waals surface area contributed by atoms with Crippen LogP contribution in [0.2, 0.25) is 0 Å². The van der Waals surface area contributed by atoms with Crippen LogP contribution in [-0.2, 0) is 9.53 Å². The van der Waals surface area contributed by atoms with Gasteiger partial charge in [-0.1, -0.05) is 27.7 Å². The number of carbonyl (C=O) groups excluding carboxylic acids is 1. The van der Waals surface area contributed by atoms with E-state index in [0.717, 1.165) is 6.42 Å². The molecule has 3 nitrogen and oxygen atoms in total. The predicted molar refractivity (Wildman–Crippen MR) is 57.8 cm³/mol. The maximum atomic E-state index is 11.3. The Bertz CT molecular complexity index is 167. The molecule has 84 valence electrons. The molecule has 0 heterocycles. The summed E-state index contributed by atoms with van der Waals surface area (Å²) in [6.45, 7) is 8.77. The normalized spacial score (nSPS) is 13.4. The maximum Gasteiger partial charge on any atom is 0.322 e. The Labute approximate surface area is 87.0 Å². The third kappa shape index (κ3) is 6.89. The van der Waals surface area contributed by atoms with Gasteiger partial charge in [-0.3, -0.25) is 4.79 Å². The van der Waals surface area contributed by atoms with Gasteiger partial charge in [0.2, 0.25) is 0 Å². The van der Waals surface area contributed by atoms with Crippen molar-refractivity contribution in [3.8, 4) is 0 Å². The highest BCUT2D eigenvalue weighted by molar-refractivity contribution is 5.75. The van der Waals surface area contributed by atoms with Crippen LogP contribution in [0.5, 0.6) is 0 Å². The fourth-order valence-corrected chi connectivity index (χ4v) is 1.11. The zero-order valence-electron chi connectivity index (χ0n) is 9.75. The molecule has 0 rings (SSSR count). The molecule has 0 amide bonds. The third-order valence-electron chi connectivity index (χ3n) is 1.97. The molecule has 0 saturated carbocycles. The molecule has 0 aliphatic heterocycles. The van der Waals surface area contributed by atoms with Gasteiger partial charge in [0.1, 0.15) is 6.04 Å². The molecule has 0 aromatic carbocycles. The van der Waals surface area contributed by atoms with E-state index in [1.165, 1.54) is 0 Å². The fourth-order valence-electron chi connectivity index (χ4n) is 1.11. The van der Waals surface area contributed by atoms with E-state index in [2.05, 4.69) is 13.8 Å². The summed E-state index contributed by atoms with van der Waals surface area (Å²) in [6, 6.07) is -0.456. The Hall–Kier alpha value is -0.570. The molecule has 14 heavy (non-hydrogen) atoms. The summed E-state index contributed by atoms with van der Waals surface area (Å²) in [7, 11) is 0. The number of nitrogens with two attached hydrogens (primary N) is 1. The maximum absolute atomic E-state index is 11.3. The van der Waals surface area contributed by atoms with Crippen LogP contribution in [0.4, 0.5) is 0 Å². The lowest BCUT2D eigenvalue weighted by Gasteiger charge is -2.13. The van der Waals surface area contributed by atoms with Gasteiger partial charge in [-0.15, -0.1) is 0 Å². The van der Waals surface area contributed by atoms with Crippen LogP contribution in [0.1, 0.15) is 40.5 Å². The van der Waals surface area contributed by atoms with Gasteiger partial charge in [0.15, 0.2) is 0 Å². The highest BCUT2D eigenvalue weighted by Crippen LogP contribution is 2.05. The van der Waals surface area contributed by atoms with Crippen LogP contribution in [-0.4, -0.2) is 18.6 Å². The van der Waals surface area contributed by atoms with E-state index in [1.54, 1.807) is 0 Å². The van der Waals surface area contributed by atoms with E-state index in [0.29, 0.717) is 24.9 Å². The van der Waals surface area contributed by atoms with Gasteiger partial charge >= 0.3 is 5.97 Å². The molecule has 0 fully saturated rings. The first kappa shape index (κ1) is 13.4. The van der Waals surface area contributed by atoms with Crippen molar-refractivity contribution in [2.24, 2.45) is 17.6 Å². The molecule has 0 aromatic rings. The first-order valence-corrected chi connectivity index (χ1v) is 5.35. The highest BCUT2D eigenvalue weighted by Gasteiger charge is 2.16. The monoisotopic (exact) mass is 201 g/mol. The Balaban J connectivity index is 3.62. The molecule has 1 unspecified atom stereocenters. The Morgan fingerprint density at radius 2 is 1.79 bits per heavy atom. The summed E-state index contributed by atoms with van der Waals surface area (Å²) >= 11 is 0. The molecule has 0 bridgehead atoms. The number of hydrogen-bond donors (Lipinski definition) is 1. The van der Waals surface area contributed by atoms with E-state index in [9.17, 15) is 4.79 Å². The summed E-state index contributed by atoms with van der Waals surface area (Å²) in [5.41, 5.74) is 5.66. The van der Waals surface area contributed by atoms with E-state index < -0.39 is 6.04 Å². The van der Waals surface area contributed by atoms with Crippen LogP contribution in [0.3, 0.4) is 0 Å². The predicted octanol–water partition coefficient (Wildman–Crippen LogP) is 1.95. The third-order valence-corrected chi connectivity index (χ3v) is 1.97. The molecular formula is C11H23NO2. The quantitative estimate of drug-likeness (QED) is 0.668. The molecule has 0 aromatic heterocycles. The minimum absolute atomic E-state index is 0.264. The van der Waals surface area contributed by atoms with E-state index in [-0.39, 0.29) is 5.97 Å². The highest BCUT2D eigenvalue weighted by atomic mass is 16.5. The van der Waals surface area contributed by atoms with Gasteiger partial charge in [-0.25, -0.2) is 0 Å². The van der Waals surface area contributed by atoms with Crippen molar-refractivity contribution in [2.45, 2.75) is 46.6 Å². The van der Waals surface area contributed by atoms with Crippen molar-refractivity contribution in [3.05, 3.63) is 0 Å². The van der Waals surface area contributed by atoms with Gasteiger partial charge in [0.25, 0.3) is 0 Å². The van der Waals surface area contributed by atoms with Gasteiger partial charge in [-0.2, -0.15) is 0 Å². The van der Waals surface area contributed by atoms with Crippen molar-refractivity contribution in [1.29, 1.82) is 0 Å². The second kappa shape index (κ2) is 6.82.